The van der Waals surface area contributed by atoms with Crippen LogP contribution in [-0.2, 0) is 11.2 Å². The van der Waals surface area contributed by atoms with E-state index in [2.05, 4.69) is 11.1 Å². The van der Waals surface area contributed by atoms with Gasteiger partial charge in [0.25, 0.3) is 0 Å². The number of ketones is 1. The normalized spacial score (nSPS) is 12.0. The number of para-hydroxylation sites is 1. The molecule has 1 heterocycles. The fourth-order valence-electron chi connectivity index (χ4n) is 1.59. The summed E-state index contributed by atoms with van der Waals surface area (Å²) in [6, 6.07) is 10.1. The number of Topliss-reactive ketones (excluding diaryl/α,β-unsaturated/α-hetero) is 1. The number of aromatic nitrogens is 1. The van der Waals surface area contributed by atoms with Crippen molar-refractivity contribution in [1.29, 1.82) is 0 Å². The molecule has 1 aromatic carbocycles. The Morgan fingerprint density at radius 3 is 2.88 bits per heavy atom. The van der Waals surface area contributed by atoms with E-state index in [-0.39, 0.29) is 5.78 Å². The Labute approximate surface area is 98.9 Å². The summed E-state index contributed by atoms with van der Waals surface area (Å²) in [4.78, 5) is 14.2. The van der Waals surface area contributed by atoms with E-state index in [0.29, 0.717) is 11.5 Å². The van der Waals surface area contributed by atoms with E-state index in [1.54, 1.807) is 6.08 Å². The van der Waals surface area contributed by atoms with Crippen molar-refractivity contribution in [2.45, 2.75) is 13.3 Å². The molecule has 0 aliphatic carbocycles. The molecular formula is C13H12ClNO. The molecule has 0 fully saturated rings. The number of allylic oxidation sites excluding steroid dienone is 2. The van der Waals surface area contributed by atoms with Crippen molar-refractivity contribution in [3.05, 3.63) is 47.1 Å². The lowest BCUT2D eigenvalue weighted by molar-refractivity contribution is -0.113. The molecule has 0 saturated heterocycles. The van der Waals surface area contributed by atoms with Gasteiger partial charge < -0.3 is 4.98 Å². The van der Waals surface area contributed by atoms with Crippen LogP contribution in [0.15, 0.2) is 41.4 Å². The summed E-state index contributed by atoms with van der Waals surface area (Å²) in [6.45, 7) is 1.46. The van der Waals surface area contributed by atoms with E-state index >= 15 is 0 Å². The topological polar surface area (TPSA) is 32.9 Å². The maximum Gasteiger partial charge on any atom is 0.170 e. The van der Waals surface area contributed by atoms with Crippen LogP contribution in [0.4, 0.5) is 0 Å². The van der Waals surface area contributed by atoms with Crippen molar-refractivity contribution in [3.63, 3.8) is 0 Å². The van der Waals surface area contributed by atoms with E-state index in [9.17, 15) is 4.79 Å². The first-order valence-corrected chi connectivity index (χ1v) is 5.48. The molecule has 0 amide bonds. The van der Waals surface area contributed by atoms with Crippen molar-refractivity contribution >= 4 is 28.3 Å². The Kier molecular flexibility index (Phi) is 3.11. The molecule has 0 aliphatic rings. The standard InChI is InChI=1S/C13H12ClNO/c1-9(16)12(14)7-6-11-8-10-4-2-3-5-13(10)15-11/h2-5,7-8,15H,6H2,1H3. The molecule has 1 N–H and O–H groups in total. The SMILES string of the molecule is CC(=O)C(Cl)=CCc1cc2ccccc2[nH]1. The zero-order valence-electron chi connectivity index (χ0n) is 8.96. The first-order chi connectivity index (χ1) is 7.66. The summed E-state index contributed by atoms with van der Waals surface area (Å²) in [5, 5.41) is 1.46. The van der Waals surface area contributed by atoms with Gasteiger partial charge in [0.05, 0.1) is 5.03 Å². The highest BCUT2D eigenvalue weighted by molar-refractivity contribution is 6.42. The summed E-state index contributed by atoms with van der Waals surface area (Å²) < 4.78 is 0. The van der Waals surface area contributed by atoms with Gasteiger partial charge in [-0.1, -0.05) is 35.9 Å². The number of carbonyl (C=O) groups is 1. The van der Waals surface area contributed by atoms with E-state index in [1.807, 2.05) is 24.3 Å². The number of nitrogens with one attached hydrogen (secondary N) is 1. The molecule has 3 heteroatoms. The lowest BCUT2D eigenvalue weighted by Gasteiger charge is -1.92. The smallest absolute Gasteiger partial charge is 0.170 e. The van der Waals surface area contributed by atoms with Crippen LogP contribution >= 0.6 is 11.6 Å². The number of fused-ring (bicyclic) bond motifs is 1. The number of hydrogen-bond acceptors (Lipinski definition) is 1. The second-order valence-corrected chi connectivity index (χ2v) is 4.10. The number of halogens is 1. The molecule has 2 nitrogen and oxygen atoms in total. The maximum absolute atomic E-state index is 10.9. The van der Waals surface area contributed by atoms with E-state index in [4.69, 9.17) is 11.6 Å². The first kappa shape index (κ1) is 11.0. The first-order valence-electron chi connectivity index (χ1n) is 5.10. The summed E-state index contributed by atoms with van der Waals surface area (Å²) in [6.07, 6.45) is 2.38. The molecular weight excluding hydrogens is 222 g/mol. The minimum atomic E-state index is -0.0993. The lowest BCUT2D eigenvalue weighted by atomic mass is 10.2. The van der Waals surface area contributed by atoms with Crippen molar-refractivity contribution in [2.24, 2.45) is 0 Å². The van der Waals surface area contributed by atoms with Gasteiger partial charge in [0, 0.05) is 24.6 Å². The molecule has 0 unspecified atom stereocenters. The quantitative estimate of drug-likeness (QED) is 0.810. The highest BCUT2D eigenvalue weighted by Gasteiger charge is 2.01. The van der Waals surface area contributed by atoms with Crippen molar-refractivity contribution in [3.8, 4) is 0 Å². The largest absolute Gasteiger partial charge is 0.358 e. The molecule has 0 saturated carbocycles. The minimum Gasteiger partial charge on any atom is -0.358 e. The van der Waals surface area contributed by atoms with Gasteiger partial charge in [0.2, 0.25) is 0 Å². The highest BCUT2D eigenvalue weighted by atomic mass is 35.5. The number of carbonyl (C=O) groups excluding carboxylic acids is 1. The fourth-order valence-corrected chi connectivity index (χ4v) is 1.66. The van der Waals surface area contributed by atoms with Crippen molar-refractivity contribution in [2.75, 3.05) is 0 Å². The van der Waals surface area contributed by atoms with Gasteiger partial charge in [-0.25, -0.2) is 0 Å². The molecule has 0 bridgehead atoms. The second kappa shape index (κ2) is 4.54. The molecule has 16 heavy (non-hydrogen) atoms. The predicted octanol–water partition coefficient (Wildman–Crippen LogP) is 3.42. The number of benzene rings is 1. The fraction of sp³-hybridized carbons (Fsp3) is 0.154. The Balaban J connectivity index is 2.22. The second-order valence-electron chi connectivity index (χ2n) is 3.69. The molecule has 0 aliphatic heterocycles. The lowest BCUT2D eigenvalue weighted by Crippen LogP contribution is -1.90. The van der Waals surface area contributed by atoms with E-state index in [0.717, 1.165) is 11.2 Å². The average molecular weight is 234 g/mol. The van der Waals surface area contributed by atoms with Crippen molar-refractivity contribution < 1.29 is 4.79 Å². The summed E-state index contributed by atoms with van der Waals surface area (Å²) in [5.41, 5.74) is 2.16. The van der Waals surface area contributed by atoms with Gasteiger partial charge in [-0.3, -0.25) is 4.79 Å². The highest BCUT2D eigenvalue weighted by Crippen LogP contribution is 2.16. The molecule has 1 aromatic heterocycles. The van der Waals surface area contributed by atoms with Crippen LogP contribution < -0.4 is 0 Å². The monoisotopic (exact) mass is 233 g/mol. The Bertz CT molecular complexity index is 521. The summed E-state index contributed by atoms with van der Waals surface area (Å²) >= 11 is 5.76. The van der Waals surface area contributed by atoms with Crippen LogP contribution in [0, 0.1) is 0 Å². The van der Waals surface area contributed by atoms with Crippen LogP contribution in [0.25, 0.3) is 10.9 Å². The average Bonchev–Trinajstić information content (AvgIpc) is 2.68. The molecule has 2 rings (SSSR count). The van der Waals surface area contributed by atoms with Gasteiger partial charge in [-0.2, -0.15) is 0 Å². The number of rotatable bonds is 3. The van der Waals surface area contributed by atoms with E-state index < -0.39 is 0 Å². The van der Waals surface area contributed by atoms with Crippen LogP contribution in [0.1, 0.15) is 12.6 Å². The van der Waals surface area contributed by atoms with Crippen LogP contribution in [0.5, 0.6) is 0 Å². The molecule has 0 spiro atoms. The third-order valence-electron chi connectivity index (χ3n) is 2.42. The third-order valence-corrected chi connectivity index (χ3v) is 2.84. The molecule has 0 atom stereocenters. The Hall–Kier alpha value is -1.54. The van der Waals surface area contributed by atoms with Crippen molar-refractivity contribution in [1.82, 2.24) is 4.98 Å². The summed E-state index contributed by atoms with van der Waals surface area (Å²) in [7, 11) is 0. The summed E-state index contributed by atoms with van der Waals surface area (Å²) in [5.74, 6) is -0.0993. The van der Waals surface area contributed by atoms with Crippen LogP contribution in [-0.4, -0.2) is 10.8 Å². The van der Waals surface area contributed by atoms with Crippen LogP contribution in [0.3, 0.4) is 0 Å². The Morgan fingerprint density at radius 2 is 2.19 bits per heavy atom. The number of aromatic amines is 1. The van der Waals surface area contributed by atoms with E-state index in [1.165, 1.54) is 12.3 Å². The number of hydrogen-bond donors (Lipinski definition) is 1. The zero-order chi connectivity index (χ0) is 11.5. The molecule has 2 aromatic rings. The third kappa shape index (κ3) is 2.34. The number of H-pyrrole nitrogens is 1. The van der Waals surface area contributed by atoms with Gasteiger partial charge >= 0.3 is 0 Å². The zero-order valence-corrected chi connectivity index (χ0v) is 9.71. The van der Waals surface area contributed by atoms with Gasteiger partial charge in [0.15, 0.2) is 5.78 Å². The van der Waals surface area contributed by atoms with Gasteiger partial charge in [0.1, 0.15) is 0 Å². The maximum atomic E-state index is 10.9. The minimum absolute atomic E-state index is 0.0993. The van der Waals surface area contributed by atoms with Gasteiger partial charge in [-0.05, 0) is 17.5 Å². The van der Waals surface area contributed by atoms with Gasteiger partial charge in [-0.15, -0.1) is 0 Å². The predicted molar refractivity (Wildman–Crippen MR) is 66.6 cm³/mol. The molecule has 82 valence electrons. The Morgan fingerprint density at radius 1 is 1.44 bits per heavy atom. The molecule has 0 radical (unpaired) electrons. The van der Waals surface area contributed by atoms with Crippen LogP contribution in [0.2, 0.25) is 0 Å².